The van der Waals surface area contributed by atoms with E-state index in [0.717, 1.165) is 25.8 Å². The van der Waals surface area contributed by atoms with E-state index in [9.17, 15) is 0 Å². The van der Waals surface area contributed by atoms with Crippen LogP contribution < -0.4 is 4.90 Å². The molecule has 1 rings (SSSR count). The smallest absolute Gasteiger partial charge is 0.226 e. The number of nitriles is 1. The molecule has 0 fully saturated rings. The van der Waals surface area contributed by atoms with Crippen molar-refractivity contribution in [2.45, 2.75) is 19.3 Å². The number of hydrogen-bond acceptors (Lipinski definition) is 5. The van der Waals surface area contributed by atoms with E-state index in [1.807, 2.05) is 18.0 Å². The third kappa shape index (κ3) is 3.83. The molecule has 0 aliphatic carbocycles. The van der Waals surface area contributed by atoms with E-state index < -0.39 is 0 Å². The summed E-state index contributed by atoms with van der Waals surface area (Å²) in [6, 6.07) is 3.57. The van der Waals surface area contributed by atoms with E-state index in [-0.39, 0.29) is 6.61 Å². The van der Waals surface area contributed by atoms with Crippen molar-refractivity contribution in [1.82, 2.24) is 9.97 Å². The van der Waals surface area contributed by atoms with Gasteiger partial charge in [-0.25, -0.2) is 9.97 Å². The minimum atomic E-state index is 0.240. The van der Waals surface area contributed by atoms with Gasteiger partial charge >= 0.3 is 0 Å². The normalized spacial score (nSPS) is 9.81. The van der Waals surface area contributed by atoms with Gasteiger partial charge in [-0.1, -0.05) is 0 Å². The maximum atomic E-state index is 8.70. The number of unbranched alkanes of at least 4 members (excludes halogenated alkanes) is 2. The predicted molar refractivity (Wildman–Crippen MR) is 61.0 cm³/mol. The highest BCUT2D eigenvalue weighted by Crippen LogP contribution is 2.06. The molecule has 0 aliphatic heterocycles. The largest absolute Gasteiger partial charge is 0.396 e. The number of aliphatic hydroxyl groups excluding tert-OH is 1. The Morgan fingerprint density at radius 1 is 1.44 bits per heavy atom. The molecule has 0 saturated carbocycles. The summed E-state index contributed by atoms with van der Waals surface area (Å²) >= 11 is 0. The van der Waals surface area contributed by atoms with Gasteiger partial charge in [0.2, 0.25) is 5.95 Å². The van der Waals surface area contributed by atoms with E-state index in [0.29, 0.717) is 11.6 Å². The molecule has 1 aromatic rings. The Labute approximate surface area is 95.4 Å². The number of anilines is 1. The maximum absolute atomic E-state index is 8.70. The molecule has 5 heteroatoms. The van der Waals surface area contributed by atoms with Crippen LogP contribution in [-0.2, 0) is 0 Å². The van der Waals surface area contributed by atoms with Crippen LogP contribution in [0.4, 0.5) is 5.95 Å². The number of rotatable bonds is 6. The van der Waals surface area contributed by atoms with Gasteiger partial charge in [0.05, 0.1) is 0 Å². The summed E-state index contributed by atoms with van der Waals surface area (Å²) < 4.78 is 0. The highest BCUT2D eigenvalue weighted by molar-refractivity contribution is 5.32. The van der Waals surface area contributed by atoms with E-state index in [1.165, 1.54) is 0 Å². The van der Waals surface area contributed by atoms with Crippen LogP contribution >= 0.6 is 0 Å². The molecule has 16 heavy (non-hydrogen) atoms. The highest BCUT2D eigenvalue weighted by atomic mass is 16.2. The molecule has 0 radical (unpaired) electrons. The molecule has 0 atom stereocenters. The summed E-state index contributed by atoms with van der Waals surface area (Å²) in [4.78, 5) is 10.1. The minimum absolute atomic E-state index is 0.240. The highest BCUT2D eigenvalue weighted by Gasteiger charge is 2.04. The molecule has 0 spiro atoms. The fourth-order valence-corrected chi connectivity index (χ4v) is 1.33. The average Bonchev–Trinajstić information content (AvgIpc) is 2.34. The van der Waals surface area contributed by atoms with Gasteiger partial charge in [0, 0.05) is 26.4 Å². The Morgan fingerprint density at radius 2 is 2.25 bits per heavy atom. The summed E-state index contributed by atoms with van der Waals surface area (Å²) in [5, 5.41) is 17.3. The second kappa shape index (κ2) is 6.75. The monoisotopic (exact) mass is 220 g/mol. The van der Waals surface area contributed by atoms with Crippen molar-refractivity contribution in [3.8, 4) is 6.07 Å². The quantitative estimate of drug-likeness (QED) is 0.722. The molecule has 0 aromatic carbocycles. The first kappa shape index (κ1) is 12.4. The van der Waals surface area contributed by atoms with Gasteiger partial charge in [0.25, 0.3) is 0 Å². The lowest BCUT2D eigenvalue weighted by Crippen LogP contribution is -2.21. The first-order valence-corrected chi connectivity index (χ1v) is 5.33. The van der Waals surface area contributed by atoms with Gasteiger partial charge in [-0.15, -0.1) is 0 Å². The van der Waals surface area contributed by atoms with Crippen LogP contribution in [-0.4, -0.2) is 35.3 Å². The van der Waals surface area contributed by atoms with Crippen molar-refractivity contribution in [1.29, 1.82) is 5.26 Å². The predicted octanol–water partition coefficient (Wildman–Crippen LogP) is 0.947. The zero-order valence-electron chi connectivity index (χ0n) is 9.43. The van der Waals surface area contributed by atoms with E-state index in [2.05, 4.69) is 9.97 Å². The van der Waals surface area contributed by atoms with Crippen molar-refractivity contribution >= 4 is 5.95 Å². The summed E-state index contributed by atoms with van der Waals surface area (Å²) in [5.41, 5.74) is 0.382. The number of aromatic nitrogens is 2. The molecule has 5 nitrogen and oxygen atoms in total. The summed E-state index contributed by atoms with van der Waals surface area (Å²) in [6.07, 6.45) is 4.38. The van der Waals surface area contributed by atoms with Gasteiger partial charge in [-0.05, 0) is 25.3 Å². The SMILES string of the molecule is CN(CCCCCO)c1nccc(C#N)n1. The molecule has 0 saturated heterocycles. The van der Waals surface area contributed by atoms with Crippen molar-refractivity contribution in [3.05, 3.63) is 18.0 Å². The third-order valence-electron chi connectivity index (χ3n) is 2.25. The van der Waals surface area contributed by atoms with Gasteiger partial charge in [0.1, 0.15) is 11.8 Å². The second-order valence-electron chi connectivity index (χ2n) is 3.56. The van der Waals surface area contributed by atoms with Gasteiger partial charge in [-0.2, -0.15) is 5.26 Å². The fraction of sp³-hybridized carbons (Fsp3) is 0.545. The van der Waals surface area contributed by atoms with E-state index >= 15 is 0 Å². The lowest BCUT2D eigenvalue weighted by atomic mass is 10.2. The zero-order chi connectivity index (χ0) is 11.8. The minimum Gasteiger partial charge on any atom is -0.396 e. The van der Waals surface area contributed by atoms with Gasteiger partial charge in [-0.3, -0.25) is 0 Å². The maximum Gasteiger partial charge on any atom is 0.226 e. The Kier molecular flexibility index (Phi) is 5.23. The first-order chi connectivity index (χ1) is 7.77. The van der Waals surface area contributed by atoms with E-state index in [1.54, 1.807) is 12.3 Å². The van der Waals surface area contributed by atoms with Crippen LogP contribution in [0.25, 0.3) is 0 Å². The van der Waals surface area contributed by atoms with Crippen molar-refractivity contribution in [3.63, 3.8) is 0 Å². The summed E-state index contributed by atoms with van der Waals surface area (Å²) in [6.45, 7) is 1.07. The van der Waals surface area contributed by atoms with E-state index in [4.69, 9.17) is 10.4 Å². The van der Waals surface area contributed by atoms with Crippen molar-refractivity contribution in [2.24, 2.45) is 0 Å². The molecule has 0 bridgehead atoms. The third-order valence-corrected chi connectivity index (χ3v) is 2.25. The molecule has 1 N–H and O–H groups in total. The Bertz CT molecular complexity index is 361. The molecular formula is C11H16N4O. The summed E-state index contributed by atoms with van der Waals surface area (Å²) in [7, 11) is 1.90. The molecule has 1 aromatic heterocycles. The van der Waals surface area contributed by atoms with Crippen LogP contribution in [0.3, 0.4) is 0 Å². The second-order valence-corrected chi connectivity index (χ2v) is 3.56. The number of nitrogens with zero attached hydrogens (tertiary/aromatic N) is 4. The summed E-state index contributed by atoms with van der Waals surface area (Å²) in [5.74, 6) is 0.572. The van der Waals surface area contributed by atoms with Crippen LogP contribution in [0.1, 0.15) is 25.0 Å². The molecule has 0 amide bonds. The molecular weight excluding hydrogens is 204 g/mol. The zero-order valence-corrected chi connectivity index (χ0v) is 9.43. The number of aliphatic hydroxyl groups is 1. The van der Waals surface area contributed by atoms with Crippen LogP contribution in [0.2, 0.25) is 0 Å². The van der Waals surface area contributed by atoms with Gasteiger partial charge < -0.3 is 10.0 Å². The Balaban J connectivity index is 2.46. The molecule has 0 aliphatic rings. The lowest BCUT2D eigenvalue weighted by Gasteiger charge is -2.16. The molecule has 1 heterocycles. The van der Waals surface area contributed by atoms with Crippen LogP contribution in [0.5, 0.6) is 0 Å². The van der Waals surface area contributed by atoms with Crippen LogP contribution in [0.15, 0.2) is 12.3 Å². The fourth-order valence-electron chi connectivity index (χ4n) is 1.33. The Hall–Kier alpha value is -1.67. The van der Waals surface area contributed by atoms with Crippen molar-refractivity contribution in [2.75, 3.05) is 25.1 Å². The standard InChI is InChI=1S/C11H16N4O/c1-15(7-3-2-4-8-16)11-13-6-5-10(9-12)14-11/h5-6,16H,2-4,7-8H2,1H3. The Morgan fingerprint density at radius 3 is 2.94 bits per heavy atom. The molecule has 86 valence electrons. The van der Waals surface area contributed by atoms with Crippen molar-refractivity contribution < 1.29 is 5.11 Å². The van der Waals surface area contributed by atoms with Crippen LogP contribution in [0, 0.1) is 11.3 Å². The molecule has 0 unspecified atom stereocenters. The topological polar surface area (TPSA) is 73.0 Å². The number of hydrogen-bond donors (Lipinski definition) is 1. The van der Waals surface area contributed by atoms with Gasteiger partial charge in [0.15, 0.2) is 0 Å². The first-order valence-electron chi connectivity index (χ1n) is 5.33. The lowest BCUT2D eigenvalue weighted by molar-refractivity contribution is 0.283. The average molecular weight is 220 g/mol.